The van der Waals surface area contributed by atoms with Crippen LogP contribution in [-0.4, -0.2) is 35.6 Å². The summed E-state index contributed by atoms with van der Waals surface area (Å²) in [7, 11) is 0. The predicted octanol–water partition coefficient (Wildman–Crippen LogP) is 1.28. The summed E-state index contributed by atoms with van der Waals surface area (Å²) in [5, 5.41) is 3.50. The van der Waals surface area contributed by atoms with Crippen LogP contribution in [0.25, 0.3) is 0 Å². The quantitative estimate of drug-likeness (QED) is 0.792. The first kappa shape index (κ1) is 11.0. The highest BCUT2D eigenvalue weighted by atomic mass is 15.3. The molecule has 3 rings (SSSR count). The molecular weight excluding hydrogens is 212 g/mol. The van der Waals surface area contributed by atoms with E-state index in [4.69, 9.17) is 0 Å². The molecule has 0 radical (unpaired) electrons. The number of nitrogens with one attached hydrogen (secondary N) is 1. The van der Waals surface area contributed by atoms with Crippen molar-refractivity contribution in [1.29, 1.82) is 0 Å². The van der Waals surface area contributed by atoms with Crippen molar-refractivity contribution in [2.24, 2.45) is 5.92 Å². The van der Waals surface area contributed by atoms with Crippen LogP contribution >= 0.6 is 0 Å². The van der Waals surface area contributed by atoms with Crippen molar-refractivity contribution in [3.8, 4) is 0 Å². The Balaban J connectivity index is 1.91. The van der Waals surface area contributed by atoms with Crippen molar-refractivity contribution >= 4 is 5.95 Å². The van der Waals surface area contributed by atoms with Crippen molar-refractivity contribution in [3.05, 3.63) is 17.5 Å². The lowest BCUT2D eigenvalue weighted by atomic mass is 9.92. The molecule has 1 aromatic rings. The second-order valence-corrected chi connectivity index (χ2v) is 5.27. The minimum absolute atomic E-state index is 0.602. The maximum absolute atomic E-state index is 4.61. The summed E-state index contributed by atoms with van der Waals surface area (Å²) in [5.41, 5.74) is 2.14. The smallest absolute Gasteiger partial charge is 0.226 e. The largest absolute Gasteiger partial charge is 0.336 e. The second kappa shape index (κ2) is 4.26. The van der Waals surface area contributed by atoms with E-state index in [9.17, 15) is 0 Å². The zero-order valence-corrected chi connectivity index (χ0v) is 10.6. The first-order valence-electron chi connectivity index (χ1n) is 6.53. The fourth-order valence-corrected chi connectivity index (χ4v) is 3.15. The summed E-state index contributed by atoms with van der Waals surface area (Å²) < 4.78 is 0. The topological polar surface area (TPSA) is 41.1 Å². The minimum atomic E-state index is 0.602. The van der Waals surface area contributed by atoms with Crippen molar-refractivity contribution < 1.29 is 0 Å². The van der Waals surface area contributed by atoms with E-state index in [0.29, 0.717) is 6.04 Å². The van der Waals surface area contributed by atoms with Gasteiger partial charge in [-0.25, -0.2) is 9.97 Å². The van der Waals surface area contributed by atoms with E-state index in [0.717, 1.165) is 42.9 Å². The van der Waals surface area contributed by atoms with Crippen LogP contribution in [0.4, 0.5) is 5.95 Å². The van der Waals surface area contributed by atoms with Gasteiger partial charge in [0.25, 0.3) is 0 Å². The molecule has 0 spiro atoms. The van der Waals surface area contributed by atoms with Gasteiger partial charge in [-0.3, -0.25) is 0 Å². The molecule has 2 fully saturated rings. The maximum Gasteiger partial charge on any atom is 0.226 e. The van der Waals surface area contributed by atoms with Crippen molar-refractivity contribution in [2.45, 2.75) is 32.7 Å². The molecule has 2 aliphatic rings. The molecule has 17 heavy (non-hydrogen) atoms. The van der Waals surface area contributed by atoms with Crippen LogP contribution in [-0.2, 0) is 0 Å². The Morgan fingerprint density at radius 3 is 2.76 bits per heavy atom. The molecule has 4 nitrogen and oxygen atoms in total. The van der Waals surface area contributed by atoms with E-state index in [-0.39, 0.29) is 0 Å². The molecule has 2 unspecified atom stereocenters. The number of rotatable bonds is 1. The minimum Gasteiger partial charge on any atom is -0.336 e. The Kier molecular flexibility index (Phi) is 2.74. The molecule has 1 aromatic heterocycles. The Bertz CT molecular complexity index is 398. The normalized spacial score (nSPS) is 28.2. The zero-order chi connectivity index (χ0) is 11.8. The zero-order valence-electron chi connectivity index (χ0n) is 10.6. The Hall–Kier alpha value is -1.16. The van der Waals surface area contributed by atoms with Gasteiger partial charge in [-0.05, 0) is 38.7 Å². The lowest BCUT2D eigenvalue weighted by molar-refractivity contribution is 0.380. The molecule has 0 saturated carbocycles. The van der Waals surface area contributed by atoms with Crippen LogP contribution < -0.4 is 10.2 Å². The molecule has 3 heterocycles. The average Bonchev–Trinajstić information content (AvgIpc) is 2.75. The number of fused-ring (bicyclic) bond motifs is 1. The van der Waals surface area contributed by atoms with Crippen LogP contribution in [0.1, 0.15) is 24.2 Å². The van der Waals surface area contributed by atoms with Gasteiger partial charge in [0, 0.05) is 37.1 Å². The third-order valence-electron chi connectivity index (χ3n) is 3.91. The average molecular weight is 232 g/mol. The predicted molar refractivity (Wildman–Crippen MR) is 68.2 cm³/mol. The van der Waals surface area contributed by atoms with E-state index in [1.54, 1.807) is 0 Å². The SMILES string of the molecule is Cc1cc(C)nc(N2CCCC3CNCC32)n1. The second-order valence-electron chi connectivity index (χ2n) is 5.27. The Morgan fingerprint density at radius 2 is 2.00 bits per heavy atom. The Morgan fingerprint density at radius 1 is 1.24 bits per heavy atom. The van der Waals surface area contributed by atoms with Gasteiger partial charge in [-0.1, -0.05) is 0 Å². The fourth-order valence-electron chi connectivity index (χ4n) is 3.15. The number of hydrogen-bond acceptors (Lipinski definition) is 4. The summed E-state index contributed by atoms with van der Waals surface area (Å²) in [6.07, 6.45) is 2.61. The van der Waals surface area contributed by atoms with Crippen molar-refractivity contribution in [1.82, 2.24) is 15.3 Å². The summed E-state index contributed by atoms with van der Waals surface area (Å²) in [4.78, 5) is 11.6. The lowest BCUT2D eigenvalue weighted by Crippen LogP contribution is -2.46. The molecule has 0 aromatic carbocycles. The summed E-state index contributed by atoms with van der Waals surface area (Å²) in [5.74, 6) is 1.72. The molecule has 0 amide bonds. The third kappa shape index (κ3) is 2.02. The number of anilines is 1. The summed E-state index contributed by atoms with van der Waals surface area (Å²) in [6, 6.07) is 2.64. The first-order chi connectivity index (χ1) is 8.24. The van der Waals surface area contributed by atoms with Gasteiger partial charge >= 0.3 is 0 Å². The molecular formula is C13H20N4. The summed E-state index contributed by atoms with van der Waals surface area (Å²) >= 11 is 0. The molecule has 4 heteroatoms. The van der Waals surface area contributed by atoms with Crippen LogP contribution in [0.15, 0.2) is 6.07 Å². The molecule has 1 N–H and O–H groups in total. The van der Waals surface area contributed by atoms with E-state index in [2.05, 4.69) is 20.2 Å². The standard InChI is InChI=1S/C13H20N4/c1-9-6-10(2)16-13(15-9)17-5-3-4-11-7-14-8-12(11)17/h6,11-12,14H,3-5,7-8H2,1-2H3. The van der Waals surface area contributed by atoms with Crippen LogP contribution in [0, 0.1) is 19.8 Å². The molecule has 2 atom stereocenters. The van der Waals surface area contributed by atoms with Crippen molar-refractivity contribution in [3.63, 3.8) is 0 Å². The van der Waals surface area contributed by atoms with Gasteiger partial charge in [0.15, 0.2) is 0 Å². The highest BCUT2D eigenvalue weighted by molar-refractivity contribution is 5.36. The van der Waals surface area contributed by atoms with E-state index < -0.39 is 0 Å². The van der Waals surface area contributed by atoms with E-state index in [1.165, 1.54) is 12.8 Å². The van der Waals surface area contributed by atoms with Gasteiger partial charge in [0.2, 0.25) is 5.95 Å². The molecule has 0 aliphatic carbocycles. The highest BCUT2D eigenvalue weighted by Crippen LogP contribution is 2.29. The van der Waals surface area contributed by atoms with E-state index >= 15 is 0 Å². The number of aromatic nitrogens is 2. The molecule has 92 valence electrons. The number of nitrogens with zero attached hydrogens (tertiary/aromatic N) is 3. The maximum atomic E-state index is 4.61. The number of aryl methyl sites for hydroxylation is 2. The van der Waals surface area contributed by atoms with Gasteiger partial charge in [-0.2, -0.15) is 0 Å². The van der Waals surface area contributed by atoms with Crippen LogP contribution in [0.5, 0.6) is 0 Å². The molecule has 2 saturated heterocycles. The van der Waals surface area contributed by atoms with Crippen LogP contribution in [0.3, 0.4) is 0 Å². The molecule has 0 bridgehead atoms. The van der Waals surface area contributed by atoms with Crippen LogP contribution in [0.2, 0.25) is 0 Å². The third-order valence-corrected chi connectivity index (χ3v) is 3.91. The van der Waals surface area contributed by atoms with E-state index in [1.807, 2.05) is 19.9 Å². The van der Waals surface area contributed by atoms with Gasteiger partial charge in [-0.15, -0.1) is 0 Å². The summed E-state index contributed by atoms with van der Waals surface area (Å²) in [6.45, 7) is 7.44. The molecule has 2 aliphatic heterocycles. The monoisotopic (exact) mass is 232 g/mol. The lowest BCUT2D eigenvalue weighted by Gasteiger charge is -2.37. The van der Waals surface area contributed by atoms with Crippen molar-refractivity contribution in [2.75, 3.05) is 24.5 Å². The Labute approximate surface area is 102 Å². The number of piperidine rings is 1. The van der Waals surface area contributed by atoms with Gasteiger partial charge in [0.05, 0.1) is 0 Å². The van der Waals surface area contributed by atoms with Gasteiger partial charge < -0.3 is 10.2 Å². The number of hydrogen-bond donors (Lipinski definition) is 1. The first-order valence-corrected chi connectivity index (χ1v) is 6.53. The fraction of sp³-hybridized carbons (Fsp3) is 0.692. The van der Waals surface area contributed by atoms with Gasteiger partial charge in [0.1, 0.15) is 0 Å². The highest BCUT2D eigenvalue weighted by Gasteiger charge is 2.36.